The van der Waals surface area contributed by atoms with Gasteiger partial charge in [0.25, 0.3) is 0 Å². The average molecular weight is 224 g/mol. The Hall–Kier alpha value is -2.08. The van der Waals surface area contributed by atoms with Gasteiger partial charge in [-0.1, -0.05) is 6.07 Å². The van der Waals surface area contributed by atoms with Crippen molar-refractivity contribution in [3.8, 4) is 5.75 Å². The molecule has 0 aromatic heterocycles. The van der Waals surface area contributed by atoms with Crippen LogP contribution in [-0.4, -0.2) is 22.9 Å². The first-order chi connectivity index (χ1) is 7.43. The summed E-state index contributed by atoms with van der Waals surface area (Å²) in [6, 6.07) is 3.08. The molecular formula is C10H12N2O4. The van der Waals surface area contributed by atoms with Gasteiger partial charge in [-0.05, 0) is 12.1 Å². The predicted octanol–water partition coefficient (Wildman–Crippen LogP) is -2.09. The fraction of sp³-hybridized carbons (Fsp3) is 0.200. The molecule has 0 amide bonds. The van der Waals surface area contributed by atoms with Crippen molar-refractivity contribution in [1.82, 2.24) is 0 Å². The van der Waals surface area contributed by atoms with E-state index in [2.05, 4.69) is 5.73 Å². The number of quaternary nitrogens is 1. The maximum atomic E-state index is 11.6. The van der Waals surface area contributed by atoms with Crippen LogP contribution in [0.25, 0.3) is 0 Å². The van der Waals surface area contributed by atoms with Gasteiger partial charge >= 0.3 is 0 Å². The Kier molecular flexibility index (Phi) is 3.47. The fourth-order valence-corrected chi connectivity index (χ4v) is 1.21. The maximum absolute atomic E-state index is 11.6. The minimum atomic E-state index is -1.40. The van der Waals surface area contributed by atoms with Crippen LogP contribution >= 0.6 is 0 Å². The number of para-hydroxylation sites is 1. The Morgan fingerprint density at radius 3 is 2.69 bits per heavy atom. The number of nitrogens with two attached hydrogens (primary N) is 1. The number of hydrogen-bond acceptors (Lipinski definition) is 5. The number of aromatic hydroxyl groups is 1. The maximum Gasteiger partial charge on any atom is 0.171 e. The molecule has 0 fully saturated rings. The molecule has 1 aromatic carbocycles. The first-order valence-corrected chi connectivity index (χ1v) is 4.58. The van der Waals surface area contributed by atoms with Crippen LogP contribution in [0.15, 0.2) is 18.2 Å². The average Bonchev–Trinajstić information content (AvgIpc) is 2.21. The zero-order chi connectivity index (χ0) is 12.3. The molecule has 0 aliphatic rings. The Morgan fingerprint density at radius 2 is 2.12 bits per heavy atom. The Bertz CT molecular complexity index is 431. The molecule has 0 saturated carbocycles. The van der Waals surface area contributed by atoms with Gasteiger partial charge in [-0.15, -0.1) is 0 Å². The number of benzene rings is 1. The first-order valence-electron chi connectivity index (χ1n) is 4.58. The molecular weight excluding hydrogens is 212 g/mol. The van der Waals surface area contributed by atoms with Crippen molar-refractivity contribution in [3.63, 3.8) is 0 Å². The van der Waals surface area contributed by atoms with Crippen LogP contribution < -0.4 is 16.6 Å². The highest BCUT2D eigenvalue weighted by molar-refractivity contribution is 6.03. The largest absolute Gasteiger partial charge is 0.544 e. The minimum Gasteiger partial charge on any atom is -0.544 e. The molecule has 86 valence electrons. The molecule has 0 unspecified atom stereocenters. The summed E-state index contributed by atoms with van der Waals surface area (Å²) in [7, 11) is 0. The molecule has 0 aliphatic heterocycles. The summed E-state index contributed by atoms with van der Waals surface area (Å²) in [5, 5.41) is 19.7. The number of carbonyl (C=O) groups excluding carboxylic acids is 2. The van der Waals surface area contributed by atoms with Crippen LogP contribution in [0.4, 0.5) is 5.69 Å². The molecule has 16 heavy (non-hydrogen) atoms. The quantitative estimate of drug-likeness (QED) is 0.306. The van der Waals surface area contributed by atoms with E-state index in [0.29, 0.717) is 0 Å². The first kappa shape index (κ1) is 12.0. The molecule has 0 saturated heterocycles. The number of carboxylic acids is 1. The summed E-state index contributed by atoms with van der Waals surface area (Å²) in [4.78, 5) is 22.0. The normalized spacial score (nSPS) is 12.1. The molecule has 1 atom stereocenters. The van der Waals surface area contributed by atoms with E-state index in [1.165, 1.54) is 18.2 Å². The highest BCUT2D eigenvalue weighted by Crippen LogP contribution is 2.24. The van der Waals surface area contributed by atoms with Gasteiger partial charge in [-0.25, -0.2) is 0 Å². The van der Waals surface area contributed by atoms with Gasteiger partial charge in [0, 0.05) is 5.56 Å². The Labute approximate surface area is 91.5 Å². The lowest BCUT2D eigenvalue weighted by Gasteiger charge is -2.10. The molecule has 0 bridgehead atoms. The third-order valence-corrected chi connectivity index (χ3v) is 2.15. The molecule has 0 heterocycles. The van der Waals surface area contributed by atoms with Gasteiger partial charge < -0.3 is 26.5 Å². The van der Waals surface area contributed by atoms with Crippen molar-refractivity contribution in [1.29, 1.82) is 0 Å². The second-order valence-corrected chi connectivity index (χ2v) is 3.38. The van der Waals surface area contributed by atoms with Crippen LogP contribution in [0.5, 0.6) is 5.75 Å². The second-order valence-electron chi connectivity index (χ2n) is 3.38. The number of phenolic OH excluding ortho intramolecular Hbond substituents is 1. The standard InChI is InChI=1S/C10H12N2O4/c11-6(10(15)16)4-8(14)5-2-1-3-7(13)9(5)12/h1-3,6,13H,4,11-12H2,(H,15,16)/t6-/m0/s1. The van der Waals surface area contributed by atoms with Gasteiger partial charge in [0.2, 0.25) is 0 Å². The van der Waals surface area contributed by atoms with E-state index in [0.717, 1.165) is 0 Å². The van der Waals surface area contributed by atoms with Crippen LogP contribution in [0, 0.1) is 0 Å². The van der Waals surface area contributed by atoms with E-state index in [1.54, 1.807) is 0 Å². The van der Waals surface area contributed by atoms with Crippen LogP contribution in [-0.2, 0) is 4.79 Å². The number of Topliss-reactive ketones (excluding diaryl/α,β-unsaturated/α-hetero) is 1. The topological polar surface area (TPSA) is 131 Å². The summed E-state index contributed by atoms with van der Waals surface area (Å²) in [5.41, 5.74) is 8.79. The molecule has 6 nitrogen and oxygen atoms in total. The number of phenols is 1. The van der Waals surface area contributed by atoms with Crippen molar-refractivity contribution in [2.45, 2.75) is 12.5 Å². The lowest BCUT2D eigenvalue weighted by atomic mass is 10.0. The second kappa shape index (κ2) is 4.63. The van der Waals surface area contributed by atoms with Crippen molar-refractivity contribution < 1.29 is 25.5 Å². The number of carboxylic acid groups (broad SMARTS) is 1. The Balaban J connectivity index is 2.89. The SMILES string of the molecule is Nc1c(O)cccc1C(=O)C[C@H]([NH3+])C(=O)[O-]. The van der Waals surface area contributed by atoms with Crippen LogP contribution in [0.2, 0.25) is 0 Å². The van der Waals surface area contributed by atoms with E-state index in [1.807, 2.05) is 0 Å². The van der Waals surface area contributed by atoms with Gasteiger partial charge in [0.05, 0.1) is 18.1 Å². The number of aliphatic carboxylic acids is 1. The fourth-order valence-electron chi connectivity index (χ4n) is 1.21. The van der Waals surface area contributed by atoms with E-state index in [9.17, 15) is 19.8 Å². The smallest absolute Gasteiger partial charge is 0.171 e. The lowest BCUT2D eigenvalue weighted by Crippen LogP contribution is -2.68. The summed E-state index contributed by atoms with van der Waals surface area (Å²) < 4.78 is 0. The minimum absolute atomic E-state index is 0.0574. The Morgan fingerprint density at radius 1 is 1.50 bits per heavy atom. The number of anilines is 1. The zero-order valence-corrected chi connectivity index (χ0v) is 8.47. The summed E-state index contributed by atoms with van der Waals surface area (Å²) in [5.74, 6) is -2.09. The van der Waals surface area contributed by atoms with E-state index < -0.39 is 17.8 Å². The van der Waals surface area contributed by atoms with Gasteiger partial charge in [-0.2, -0.15) is 0 Å². The predicted molar refractivity (Wildman–Crippen MR) is 53.1 cm³/mol. The highest BCUT2D eigenvalue weighted by Gasteiger charge is 2.18. The van der Waals surface area contributed by atoms with Crippen molar-refractivity contribution >= 4 is 17.4 Å². The molecule has 0 aliphatic carbocycles. The van der Waals surface area contributed by atoms with Gasteiger partial charge in [0.1, 0.15) is 11.8 Å². The van der Waals surface area contributed by atoms with Crippen molar-refractivity contribution in [2.75, 3.05) is 5.73 Å². The molecule has 0 radical (unpaired) electrons. The number of ketones is 1. The van der Waals surface area contributed by atoms with Gasteiger partial charge in [0.15, 0.2) is 5.78 Å². The molecule has 6 N–H and O–H groups in total. The number of nitrogen functional groups attached to an aromatic ring is 1. The summed E-state index contributed by atoms with van der Waals surface area (Å²) >= 11 is 0. The highest BCUT2D eigenvalue weighted by atomic mass is 16.4. The van der Waals surface area contributed by atoms with Crippen LogP contribution in [0.1, 0.15) is 16.8 Å². The van der Waals surface area contributed by atoms with Crippen molar-refractivity contribution in [3.05, 3.63) is 23.8 Å². The molecule has 6 heteroatoms. The number of carbonyl (C=O) groups is 2. The summed E-state index contributed by atoms with van der Waals surface area (Å²) in [6.45, 7) is 0. The van der Waals surface area contributed by atoms with Gasteiger partial charge in [-0.3, -0.25) is 4.79 Å². The zero-order valence-electron chi connectivity index (χ0n) is 8.47. The molecule has 1 aromatic rings. The molecule has 1 rings (SSSR count). The van der Waals surface area contributed by atoms with Crippen LogP contribution in [0.3, 0.4) is 0 Å². The summed E-state index contributed by atoms with van der Waals surface area (Å²) in [6.07, 6.45) is -0.310. The molecule has 0 spiro atoms. The third-order valence-electron chi connectivity index (χ3n) is 2.15. The van der Waals surface area contributed by atoms with E-state index in [4.69, 9.17) is 5.73 Å². The third kappa shape index (κ3) is 2.48. The van der Waals surface area contributed by atoms with E-state index in [-0.39, 0.29) is 23.4 Å². The number of rotatable bonds is 4. The van der Waals surface area contributed by atoms with E-state index >= 15 is 0 Å². The lowest BCUT2D eigenvalue weighted by molar-refractivity contribution is -0.435. The van der Waals surface area contributed by atoms with Crippen molar-refractivity contribution in [2.24, 2.45) is 0 Å². The monoisotopic (exact) mass is 224 g/mol. The number of hydrogen-bond donors (Lipinski definition) is 3.